The molecule has 0 bridgehead atoms. The van der Waals surface area contributed by atoms with E-state index in [4.69, 9.17) is 0 Å². The maximum Gasteiger partial charge on any atom is 0.251 e. The fourth-order valence-corrected chi connectivity index (χ4v) is 4.89. The van der Waals surface area contributed by atoms with Crippen molar-refractivity contribution in [2.45, 2.75) is 37.8 Å². The van der Waals surface area contributed by atoms with Crippen LogP contribution < -0.4 is 16.0 Å². The predicted molar refractivity (Wildman–Crippen MR) is 157 cm³/mol. The molecule has 0 spiro atoms. The van der Waals surface area contributed by atoms with Crippen molar-refractivity contribution in [1.29, 1.82) is 0 Å². The van der Waals surface area contributed by atoms with E-state index in [0.717, 1.165) is 72.6 Å². The molecule has 202 valence electrons. The van der Waals surface area contributed by atoms with Crippen LogP contribution in [0.1, 0.15) is 36.0 Å². The minimum atomic E-state index is -0.0324. The third-order valence-corrected chi connectivity index (χ3v) is 6.93. The number of amides is 1. The number of hydrogen-bond acceptors (Lipinski definition) is 7. The summed E-state index contributed by atoms with van der Waals surface area (Å²) in [6.07, 6.45) is 13.4. The molecule has 3 heterocycles. The fourth-order valence-electron chi connectivity index (χ4n) is 4.89. The SMILES string of the molecule is CN(C)C/C=C/CNc1ccc(C(=O)NC2CCCC(Nc3cc(-c4cnc5[nH]ccc5c4)ncn3)C2)cc1. The van der Waals surface area contributed by atoms with Crippen LogP contribution in [-0.2, 0) is 0 Å². The van der Waals surface area contributed by atoms with E-state index in [1.54, 1.807) is 6.33 Å². The number of aromatic amines is 1. The first-order chi connectivity index (χ1) is 19.0. The fraction of sp³-hybridized carbons (Fsp3) is 0.333. The van der Waals surface area contributed by atoms with Crippen LogP contribution in [0.25, 0.3) is 22.3 Å². The van der Waals surface area contributed by atoms with Crippen molar-refractivity contribution >= 4 is 28.4 Å². The van der Waals surface area contributed by atoms with Crippen LogP contribution in [0, 0.1) is 0 Å². The summed E-state index contributed by atoms with van der Waals surface area (Å²) in [5.74, 6) is 0.751. The molecule has 39 heavy (non-hydrogen) atoms. The van der Waals surface area contributed by atoms with Gasteiger partial charge in [0.05, 0.1) is 5.69 Å². The van der Waals surface area contributed by atoms with Gasteiger partial charge < -0.3 is 25.8 Å². The number of anilines is 2. The van der Waals surface area contributed by atoms with Crippen LogP contribution in [0.5, 0.6) is 0 Å². The van der Waals surface area contributed by atoms with E-state index in [1.807, 2.05) is 62.9 Å². The quantitative estimate of drug-likeness (QED) is 0.223. The van der Waals surface area contributed by atoms with Crippen LogP contribution in [-0.4, -0.2) is 70.0 Å². The number of fused-ring (bicyclic) bond motifs is 1. The Morgan fingerprint density at radius 2 is 1.90 bits per heavy atom. The Kier molecular flexibility index (Phi) is 8.48. The lowest BCUT2D eigenvalue weighted by Gasteiger charge is -2.30. The number of H-pyrrole nitrogens is 1. The molecule has 1 saturated carbocycles. The molecule has 2 unspecified atom stereocenters. The van der Waals surface area contributed by atoms with Crippen molar-refractivity contribution in [2.24, 2.45) is 0 Å². The number of hydrogen-bond donors (Lipinski definition) is 4. The molecule has 5 rings (SSSR count). The topological polar surface area (TPSA) is 111 Å². The minimum absolute atomic E-state index is 0.0324. The highest BCUT2D eigenvalue weighted by molar-refractivity contribution is 5.94. The molecule has 4 N–H and O–H groups in total. The molecular formula is C30H36N8O. The van der Waals surface area contributed by atoms with E-state index in [-0.39, 0.29) is 18.0 Å². The van der Waals surface area contributed by atoms with Crippen molar-refractivity contribution in [2.75, 3.05) is 37.8 Å². The zero-order chi connectivity index (χ0) is 27.0. The lowest BCUT2D eigenvalue weighted by atomic mass is 9.90. The minimum Gasteiger partial charge on any atom is -0.382 e. The maximum absolute atomic E-state index is 12.9. The van der Waals surface area contributed by atoms with E-state index < -0.39 is 0 Å². The van der Waals surface area contributed by atoms with Crippen LogP contribution in [0.3, 0.4) is 0 Å². The molecule has 1 aromatic carbocycles. The number of nitrogens with one attached hydrogen (secondary N) is 4. The monoisotopic (exact) mass is 524 g/mol. The zero-order valence-corrected chi connectivity index (χ0v) is 22.5. The highest BCUT2D eigenvalue weighted by atomic mass is 16.1. The Balaban J connectivity index is 1.13. The molecule has 0 aliphatic heterocycles. The van der Waals surface area contributed by atoms with Gasteiger partial charge in [-0.3, -0.25) is 4.79 Å². The van der Waals surface area contributed by atoms with Gasteiger partial charge in [-0.05, 0) is 76.2 Å². The van der Waals surface area contributed by atoms with Crippen molar-refractivity contribution in [3.05, 3.63) is 78.9 Å². The zero-order valence-electron chi connectivity index (χ0n) is 22.5. The molecule has 3 aromatic heterocycles. The molecular weight excluding hydrogens is 488 g/mol. The molecule has 0 radical (unpaired) electrons. The largest absolute Gasteiger partial charge is 0.382 e. The van der Waals surface area contributed by atoms with Gasteiger partial charge in [0.2, 0.25) is 0 Å². The van der Waals surface area contributed by atoms with Gasteiger partial charge in [-0.25, -0.2) is 15.0 Å². The molecule has 1 aliphatic carbocycles. The summed E-state index contributed by atoms with van der Waals surface area (Å²) in [4.78, 5) is 31.5. The van der Waals surface area contributed by atoms with E-state index in [2.05, 4.69) is 59.0 Å². The number of carbonyl (C=O) groups excluding carboxylic acids is 1. The molecule has 4 aromatic rings. The van der Waals surface area contributed by atoms with Gasteiger partial charge in [-0.1, -0.05) is 12.2 Å². The van der Waals surface area contributed by atoms with Gasteiger partial charge in [0.1, 0.15) is 17.8 Å². The van der Waals surface area contributed by atoms with Gasteiger partial charge in [0, 0.05) is 65.8 Å². The second kappa shape index (κ2) is 12.5. The van der Waals surface area contributed by atoms with E-state index in [0.29, 0.717) is 5.56 Å². The lowest BCUT2D eigenvalue weighted by molar-refractivity contribution is 0.0926. The summed E-state index contributed by atoms with van der Waals surface area (Å²) >= 11 is 0. The predicted octanol–water partition coefficient (Wildman–Crippen LogP) is 4.70. The number of carbonyl (C=O) groups is 1. The van der Waals surface area contributed by atoms with Crippen molar-refractivity contribution < 1.29 is 4.79 Å². The van der Waals surface area contributed by atoms with Crippen molar-refractivity contribution in [3.63, 3.8) is 0 Å². The summed E-state index contributed by atoms with van der Waals surface area (Å²) in [6.45, 7) is 1.67. The average molecular weight is 525 g/mol. The normalized spacial score (nSPS) is 17.5. The highest BCUT2D eigenvalue weighted by Gasteiger charge is 2.24. The van der Waals surface area contributed by atoms with E-state index in [1.165, 1.54) is 0 Å². The van der Waals surface area contributed by atoms with Gasteiger partial charge >= 0.3 is 0 Å². The Hall–Kier alpha value is -4.24. The van der Waals surface area contributed by atoms with E-state index in [9.17, 15) is 4.79 Å². The third kappa shape index (κ3) is 7.20. The van der Waals surface area contributed by atoms with Crippen LogP contribution in [0.2, 0.25) is 0 Å². The van der Waals surface area contributed by atoms with Gasteiger partial charge in [-0.2, -0.15) is 0 Å². The Morgan fingerprint density at radius 3 is 2.74 bits per heavy atom. The van der Waals surface area contributed by atoms with Gasteiger partial charge in [0.15, 0.2) is 0 Å². The lowest BCUT2D eigenvalue weighted by Crippen LogP contribution is -2.41. The summed E-state index contributed by atoms with van der Waals surface area (Å²) < 4.78 is 0. The Morgan fingerprint density at radius 1 is 1.05 bits per heavy atom. The standard InChI is InChI=1S/C30H36N8O/c1-38(2)15-4-3-13-31-24-10-8-21(9-11-24)30(39)37-26-7-5-6-25(17-26)36-28-18-27(34-20-35-28)23-16-22-12-14-32-29(22)33-19-23/h3-4,8-12,14,16,18-20,25-26,31H,5-7,13,15,17H2,1-2H3,(H,32,33)(H,37,39)(H,34,35,36)/b4-3+. The summed E-state index contributed by atoms with van der Waals surface area (Å²) in [7, 11) is 4.09. The molecule has 9 nitrogen and oxygen atoms in total. The summed E-state index contributed by atoms with van der Waals surface area (Å²) in [5.41, 5.74) is 4.30. The third-order valence-electron chi connectivity index (χ3n) is 6.93. The van der Waals surface area contributed by atoms with Crippen molar-refractivity contribution in [1.82, 2.24) is 30.2 Å². The van der Waals surface area contributed by atoms with Crippen molar-refractivity contribution in [3.8, 4) is 11.3 Å². The second-order valence-electron chi connectivity index (χ2n) is 10.3. The first-order valence-corrected chi connectivity index (χ1v) is 13.5. The average Bonchev–Trinajstić information content (AvgIpc) is 3.41. The smallest absolute Gasteiger partial charge is 0.251 e. The molecule has 9 heteroatoms. The number of nitrogens with zero attached hydrogens (tertiary/aromatic N) is 4. The number of benzene rings is 1. The second-order valence-corrected chi connectivity index (χ2v) is 10.3. The summed E-state index contributed by atoms with van der Waals surface area (Å²) in [6, 6.07) is 14.0. The van der Waals surface area contributed by atoms with Crippen LogP contribution in [0.4, 0.5) is 11.5 Å². The molecule has 1 aliphatic rings. The van der Waals surface area contributed by atoms with E-state index >= 15 is 0 Å². The molecule has 1 amide bonds. The number of pyridine rings is 1. The maximum atomic E-state index is 12.9. The number of likely N-dealkylation sites (N-methyl/N-ethyl adjacent to an activating group) is 1. The molecule has 1 fully saturated rings. The first-order valence-electron chi connectivity index (χ1n) is 13.5. The Labute approximate surface area is 229 Å². The van der Waals surface area contributed by atoms with Gasteiger partial charge in [-0.15, -0.1) is 0 Å². The summed E-state index contributed by atoms with van der Waals surface area (Å²) in [5, 5.41) is 11.2. The van der Waals surface area contributed by atoms with Crippen LogP contribution in [0.15, 0.2) is 73.3 Å². The molecule has 0 saturated heterocycles. The number of aromatic nitrogens is 4. The molecule has 2 atom stereocenters. The Bertz CT molecular complexity index is 1410. The van der Waals surface area contributed by atoms with Crippen LogP contribution >= 0.6 is 0 Å². The van der Waals surface area contributed by atoms with Gasteiger partial charge in [0.25, 0.3) is 5.91 Å². The first kappa shape index (κ1) is 26.4. The number of rotatable bonds is 10. The highest BCUT2D eigenvalue weighted by Crippen LogP contribution is 2.25.